The number of hydrogen-bond donors (Lipinski definition) is 1. The van der Waals surface area contributed by atoms with E-state index in [1.165, 1.54) is 5.54 Å². The first-order valence-corrected chi connectivity index (χ1v) is 15.0. The Balaban J connectivity index is 1.49. The summed E-state index contributed by atoms with van der Waals surface area (Å²) in [5.41, 5.74) is 0.127. The van der Waals surface area contributed by atoms with Crippen molar-refractivity contribution >= 4 is 29.4 Å². The van der Waals surface area contributed by atoms with Crippen LogP contribution in [0.15, 0.2) is 11.6 Å². The van der Waals surface area contributed by atoms with Crippen molar-refractivity contribution in [3.8, 4) is 0 Å². The zero-order chi connectivity index (χ0) is 27.5. The molecule has 3 saturated carbocycles. The van der Waals surface area contributed by atoms with Crippen molar-refractivity contribution in [2.24, 2.45) is 45.8 Å². The number of Topliss-reactive ketones (excluding diaryl/α,β-unsaturated/α-hetero) is 1. The number of nitrogens with one attached hydrogen (secondary N) is 1. The number of nitrogens with zero attached hydrogens (tertiary/aromatic N) is 1. The van der Waals surface area contributed by atoms with Crippen LogP contribution in [0, 0.1) is 45.8 Å². The third kappa shape index (κ3) is 4.26. The molecule has 2 saturated heterocycles. The highest BCUT2D eigenvalue weighted by atomic mass is 35.5. The van der Waals surface area contributed by atoms with E-state index in [9.17, 15) is 14.4 Å². The van der Waals surface area contributed by atoms with Gasteiger partial charge in [-0.1, -0.05) is 45.4 Å². The van der Waals surface area contributed by atoms with Crippen LogP contribution in [0.1, 0.15) is 72.6 Å². The lowest BCUT2D eigenvalue weighted by molar-refractivity contribution is -0.191. The molecule has 2 heterocycles. The van der Waals surface area contributed by atoms with Gasteiger partial charge in [-0.2, -0.15) is 0 Å². The second-order valence-corrected chi connectivity index (χ2v) is 13.8. The average molecular weight is 549 g/mol. The quantitative estimate of drug-likeness (QED) is 0.510. The average Bonchev–Trinajstić information content (AvgIpc) is 3.63. The summed E-state index contributed by atoms with van der Waals surface area (Å²) in [5.74, 6) is 0.340. The normalized spacial score (nSPS) is 48.0. The maximum absolute atomic E-state index is 14.3. The Kier molecular flexibility index (Phi) is 7.54. The highest BCUT2D eigenvalue weighted by Crippen LogP contribution is 2.69. The number of ketones is 1. The van der Waals surface area contributed by atoms with Crippen LogP contribution < -0.4 is 5.32 Å². The first-order valence-electron chi connectivity index (χ1n) is 14.6. The number of alkyl carbamates (subject to hydrolysis) is 1. The molecule has 0 aromatic carbocycles. The number of carbonyl (C=O) groups excluding carboxylic acids is 3. The minimum absolute atomic E-state index is 0.00368. The predicted octanol–water partition coefficient (Wildman–Crippen LogP) is 5.16. The zero-order valence-electron chi connectivity index (χ0n) is 23.6. The maximum atomic E-state index is 14.3. The summed E-state index contributed by atoms with van der Waals surface area (Å²) >= 11 is 5.93. The third-order valence-electron chi connectivity index (χ3n) is 11.9. The number of carbonyl (C=O) groups is 3. The number of hydrogen-bond acceptors (Lipinski definition) is 6. The molecule has 0 radical (unpaired) electrons. The number of imide groups is 1. The summed E-state index contributed by atoms with van der Waals surface area (Å²) in [6, 6.07) is 0. The van der Waals surface area contributed by atoms with Gasteiger partial charge in [0, 0.05) is 48.4 Å². The fourth-order valence-corrected chi connectivity index (χ4v) is 9.67. The van der Waals surface area contributed by atoms with Crippen molar-refractivity contribution in [2.45, 2.75) is 84.8 Å². The Bertz CT molecular complexity index is 1000. The van der Waals surface area contributed by atoms with Crippen LogP contribution in [0.4, 0.5) is 4.79 Å². The monoisotopic (exact) mass is 548 g/mol. The summed E-state index contributed by atoms with van der Waals surface area (Å²) in [6.45, 7) is 11.3. The highest BCUT2D eigenvalue weighted by molar-refractivity contribution is 6.25. The van der Waals surface area contributed by atoms with E-state index in [2.05, 4.69) is 31.0 Å². The lowest BCUT2D eigenvalue weighted by atomic mass is 9.43. The largest absolute Gasteiger partial charge is 0.445 e. The summed E-state index contributed by atoms with van der Waals surface area (Å²) < 4.78 is 12.4. The van der Waals surface area contributed by atoms with Gasteiger partial charge in [0.25, 0.3) is 0 Å². The van der Waals surface area contributed by atoms with Gasteiger partial charge in [0.15, 0.2) is 0 Å². The lowest BCUT2D eigenvalue weighted by Gasteiger charge is -2.61. The van der Waals surface area contributed by atoms with Crippen LogP contribution in [-0.4, -0.2) is 61.6 Å². The van der Waals surface area contributed by atoms with Gasteiger partial charge in [0.1, 0.15) is 11.9 Å². The number of halogens is 1. The molecule has 5 aliphatic rings. The molecule has 1 N–H and O–H groups in total. The summed E-state index contributed by atoms with van der Waals surface area (Å²) in [4.78, 5) is 43.0. The van der Waals surface area contributed by atoms with Crippen LogP contribution in [0.25, 0.3) is 0 Å². The molecule has 3 unspecified atom stereocenters. The topological polar surface area (TPSA) is 84.9 Å². The molecule has 5 rings (SSSR count). The fraction of sp³-hybridized carbons (Fsp3) is 0.833. The van der Waals surface area contributed by atoms with Crippen LogP contribution in [-0.2, 0) is 19.1 Å². The Labute approximate surface area is 232 Å². The molecule has 4 bridgehead atoms. The first kappa shape index (κ1) is 28.1. The number of piperidine rings is 1. The molecule has 11 atom stereocenters. The van der Waals surface area contributed by atoms with E-state index in [-0.39, 0.29) is 46.9 Å². The summed E-state index contributed by atoms with van der Waals surface area (Å²) in [7, 11) is 1.76. The first-order chi connectivity index (χ1) is 18.0. The number of amides is 2. The van der Waals surface area contributed by atoms with E-state index >= 15 is 0 Å². The molecule has 0 aromatic rings. The second-order valence-electron chi connectivity index (χ2n) is 13.5. The van der Waals surface area contributed by atoms with Gasteiger partial charge in [-0.15, -0.1) is 0 Å². The minimum Gasteiger partial charge on any atom is -0.445 e. The molecule has 0 aromatic heterocycles. The molecule has 3 aliphatic carbocycles. The van der Waals surface area contributed by atoms with Crippen molar-refractivity contribution < 1.29 is 23.9 Å². The van der Waals surface area contributed by atoms with E-state index < -0.39 is 23.0 Å². The number of rotatable bonds is 5. The van der Waals surface area contributed by atoms with Gasteiger partial charge >= 0.3 is 6.09 Å². The van der Waals surface area contributed by atoms with Gasteiger partial charge in [-0.25, -0.2) is 4.79 Å². The van der Waals surface area contributed by atoms with E-state index in [0.717, 1.165) is 45.2 Å². The van der Waals surface area contributed by atoms with Crippen molar-refractivity contribution in [1.82, 2.24) is 10.2 Å². The van der Waals surface area contributed by atoms with Gasteiger partial charge in [-0.05, 0) is 68.7 Å². The molecule has 8 heteroatoms. The van der Waals surface area contributed by atoms with Crippen molar-refractivity contribution in [1.29, 1.82) is 0 Å². The van der Waals surface area contributed by atoms with Crippen molar-refractivity contribution in [3.05, 3.63) is 11.6 Å². The predicted molar refractivity (Wildman–Crippen MR) is 145 cm³/mol. The standard InChI is InChI=1S/C30H45ClN2O5/c1-18-7-11-30-12-8-22(37-5)24(30)29(18,4)23(15-28(3,10-6-13-31)25(34)19(30)2)38-27(36)32-26(35)21-17-33-14-9-20(21)16-33/h6,13,18-24H,7-12,14-17H2,1-5H3,(H,32,35,36)/b13-6+/t18-,19+,20+,21+,22-,23-,24?,28-,29+,30?/m1/s1. The number of ether oxygens (including phenoxy) is 2. The van der Waals surface area contributed by atoms with E-state index in [4.69, 9.17) is 21.1 Å². The number of allylic oxidation sites excluding steroid dienone is 1. The smallest absolute Gasteiger partial charge is 0.414 e. The molecule has 5 fully saturated rings. The second kappa shape index (κ2) is 10.2. The molecule has 0 spiro atoms. The molecule has 2 amide bonds. The van der Waals surface area contributed by atoms with Crippen LogP contribution in [0.3, 0.4) is 0 Å². The Morgan fingerprint density at radius 3 is 2.53 bits per heavy atom. The molecular weight excluding hydrogens is 504 g/mol. The van der Waals surface area contributed by atoms with Crippen LogP contribution >= 0.6 is 11.6 Å². The lowest BCUT2D eigenvalue weighted by Crippen LogP contribution is -2.63. The number of fused-ring (bicyclic) bond motifs is 2. The molecular formula is C30H45ClN2O5. The fourth-order valence-electron chi connectivity index (χ4n) is 9.58. The molecule has 212 valence electrons. The van der Waals surface area contributed by atoms with Gasteiger partial charge in [0.05, 0.1) is 12.0 Å². The van der Waals surface area contributed by atoms with Gasteiger partial charge in [-0.3, -0.25) is 14.9 Å². The number of methoxy groups -OCH3 is 1. The van der Waals surface area contributed by atoms with E-state index in [0.29, 0.717) is 25.3 Å². The Morgan fingerprint density at radius 2 is 1.89 bits per heavy atom. The highest BCUT2D eigenvalue weighted by Gasteiger charge is 2.68. The SMILES string of the molecule is CO[C@@H]1CCC23CC[C@@H](C)[C@](C)(C12)[C@H](OC(=O)NC(=O)[C@H]1CN2CC[C@H]1C2)C[C@@](C)(C/C=C/Cl)C(=O)[C@@H]3C. The Morgan fingerprint density at radius 1 is 1.16 bits per heavy atom. The summed E-state index contributed by atoms with van der Waals surface area (Å²) in [5, 5.41) is 2.59. The molecule has 7 nitrogen and oxygen atoms in total. The van der Waals surface area contributed by atoms with Crippen LogP contribution in [0.5, 0.6) is 0 Å². The maximum Gasteiger partial charge on any atom is 0.414 e. The third-order valence-corrected chi connectivity index (χ3v) is 12.1. The van der Waals surface area contributed by atoms with Gasteiger partial charge in [0.2, 0.25) is 5.91 Å². The zero-order valence-corrected chi connectivity index (χ0v) is 24.4. The summed E-state index contributed by atoms with van der Waals surface area (Å²) in [6.07, 6.45) is 6.26. The van der Waals surface area contributed by atoms with Crippen molar-refractivity contribution in [2.75, 3.05) is 26.7 Å². The van der Waals surface area contributed by atoms with Gasteiger partial charge < -0.3 is 14.4 Å². The van der Waals surface area contributed by atoms with E-state index in [1.807, 2.05) is 13.0 Å². The van der Waals surface area contributed by atoms with Crippen molar-refractivity contribution in [3.63, 3.8) is 0 Å². The molecule has 2 aliphatic heterocycles. The van der Waals surface area contributed by atoms with E-state index in [1.54, 1.807) is 7.11 Å². The van der Waals surface area contributed by atoms with Crippen LogP contribution in [0.2, 0.25) is 0 Å². The minimum atomic E-state index is -0.737. The molecule has 38 heavy (non-hydrogen) atoms. The Hall–Kier alpha value is -1.44.